The van der Waals surface area contributed by atoms with Crippen LogP contribution in [-0.4, -0.2) is 28.4 Å². The number of rotatable bonds is 5. The first-order valence-electron chi connectivity index (χ1n) is 11.5. The number of anilines is 1. The van der Waals surface area contributed by atoms with Gasteiger partial charge in [-0.1, -0.05) is 52.8 Å². The minimum absolute atomic E-state index is 0.0199. The largest absolute Gasteiger partial charge is 0.507 e. The summed E-state index contributed by atoms with van der Waals surface area (Å²) in [6.45, 7) is 6.21. The lowest BCUT2D eigenvalue weighted by atomic mass is 9.94. The van der Waals surface area contributed by atoms with Crippen molar-refractivity contribution in [3.8, 4) is 5.75 Å². The van der Waals surface area contributed by atoms with E-state index in [-0.39, 0.29) is 11.3 Å². The molecule has 1 aromatic heterocycles. The monoisotopic (exact) mass is 518 g/mol. The standard InChI is InChI=1S/C28H23ClN2O4S/c1-4-35-21-11-8-18(13-16(21)3)25(32)23-24(17-7-5-6-15(2)12-17)31(27(34)26(23)33)28-30-20-10-9-19(29)14-22(20)36-28/h5-14,24,32H,4H2,1-3H3/b25-23+. The third kappa shape index (κ3) is 4.14. The summed E-state index contributed by atoms with van der Waals surface area (Å²) in [5.41, 5.74) is 3.60. The molecule has 3 aromatic carbocycles. The molecular formula is C28H23ClN2O4S. The number of aryl methyl sites for hydroxylation is 2. The summed E-state index contributed by atoms with van der Waals surface area (Å²) in [5.74, 6) is -1.05. The van der Waals surface area contributed by atoms with Crippen molar-refractivity contribution in [3.05, 3.63) is 93.5 Å². The van der Waals surface area contributed by atoms with Crippen LogP contribution in [0.2, 0.25) is 5.02 Å². The summed E-state index contributed by atoms with van der Waals surface area (Å²) < 4.78 is 6.40. The van der Waals surface area contributed by atoms with E-state index in [9.17, 15) is 14.7 Å². The molecule has 1 aliphatic heterocycles. The molecule has 1 saturated heterocycles. The van der Waals surface area contributed by atoms with Gasteiger partial charge < -0.3 is 9.84 Å². The van der Waals surface area contributed by atoms with E-state index in [2.05, 4.69) is 4.98 Å². The fourth-order valence-corrected chi connectivity index (χ4v) is 5.71. The van der Waals surface area contributed by atoms with Gasteiger partial charge in [0.1, 0.15) is 11.5 Å². The smallest absolute Gasteiger partial charge is 0.301 e. The molecule has 1 unspecified atom stereocenters. The van der Waals surface area contributed by atoms with E-state index in [0.717, 1.165) is 15.8 Å². The average molecular weight is 519 g/mol. The normalized spacial score (nSPS) is 17.2. The molecule has 182 valence electrons. The van der Waals surface area contributed by atoms with Crippen LogP contribution in [0.25, 0.3) is 16.0 Å². The molecule has 5 rings (SSSR count). The second-order valence-corrected chi connectivity index (χ2v) is 10.1. The molecule has 2 heterocycles. The molecule has 1 N–H and O–H groups in total. The molecule has 0 saturated carbocycles. The van der Waals surface area contributed by atoms with E-state index in [1.165, 1.54) is 16.2 Å². The van der Waals surface area contributed by atoms with Crippen molar-refractivity contribution in [1.29, 1.82) is 0 Å². The highest BCUT2D eigenvalue weighted by molar-refractivity contribution is 7.22. The van der Waals surface area contributed by atoms with E-state index in [0.29, 0.717) is 39.2 Å². The summed E-state index contributed by atoms with van der Waals surface area (Å²) in [7, 11) is 0. The van der Waals surface area contributed by atoms with Crippen molar-refractivity contribution in [2.45, 2.75) is 26.8 Å². The topological polar surface area (TPSA) is 79.7 Å². The molecule has 36 heavy (non-hydrogen) atoms. The van der Waals surface area contributed by atoms with Crippen molar-refractivity contribution in [3.63, 3.8) is 0 Å². The van der Waals surface area contributed by atoms with Crippen LogP contribution in [0, 0.1) is 13.8 Å². The Hall–Kier alpha value is -3.68. The Kier molecular flexibility index (Phi) is 6.28. The number of carbonyl (C=O) groups excluding carboxylic acids is 2. The van der Waals surface area contributed by atoms with Crippen LogP contribution in [0.5, 0.6) is 5.75 Å². The van der Waals surface area contributed by atoms with Gasteiger partial charge in [-0.2, -0.15) is 0 Å². The van der Waals surface area contributed by atoms with Gasteiger partial charge in [0.15, 0.2) is 5.13 Å². The number of ketones is 1. The van der Waals surface area contributed by atoms with Crippen molar-refractivity contribution >= 4 is 55.7 Å². The predicted octanol–water partition coefficient (Wildman–Crippen LogP) is 6.59. The Morgan fingerprint density at radius 1 is 1.11 bits per heavy atom. The molecule has 0 aliphatic carbocycles. The number of hydrogen-bond acceptors (Lipinski definition) is 6. The van der Waals surface area contributed by atoms with Gasteiger partial charge in [0.25, 0.3) is 5.78 Å². The van der Waals surface area contributed by atoms with Gasteiger partial charge in [-0.05, 0) is 68.3 Å². The van der Waals surface area contributed by atoms with Gasteiger partial charge in [-0.3, -0.25) is 14.5 Å². The minimum atomic E-state index is -0.840. The molecule has 1 amide bonds. The van der Waals surface area contributed by atoms with Crippen molar-refractivity contribution < 1.29 is 19.4 Å². The summed E-state index contributed by atoms with van der Waals surface area (Å²) in [4.78, 5) is 32.8. The first-order chi connectivity index (χ1) is 17.3. The van der Waals surface area contributed by atoms with E-state index in [1.54, 1.807) is 36.4 Å². The van der Waals surface area contributed by atoms with Gasteiger partial charge in [0.2, 0.25) is 0 Å². The first-order valence-corrected chi connectivity index (χ1v) is 12.7. The van der Waals surface area contributed by atoms with E-state index < -0.39 is 17.7 Å². The predicted molar refractivity (Wildman–Crippen MR) is 143 cm³/mol. The van der Waals surface area contributed by atoms with Crippen LogP contribution >= 0.6 is 22.9 Å². The number of thiazole rings is 1. The number of aromatic nitrogens is 1. The number of benzene rings is 3. The van der Waals surface area contributed by atoms with Crippen LogP contribution in [-0.2, 0) is 9.59 Å². The number of carbonyl (C=O) groups is 2. The molecule has 1 aliphatic rings. The van der Waals surface area contributed by atoms with Gasteiger partial charge >= 0.3 is 5.91 Å². The number of Topliss-reactive ketones (excluding diaryl/α,β-unsaturated/α-hetero) is 1. The second kappa shape index (κ2) is 9.41. The number of fused-ring (bicyclic) bond motifs is 1. The van der Waals surface area contributed by atoms with E-state index >= 15 is 0 Å². The Morgan fingerprint density at radius 3 is 2.64 bits per heavy atom. The summed E-state index contributed by atoms with van der Waals surface area (Å²) in [6, 6.07) is 17.2. The van der Waals surface area contributed by atoms with Crippen LogP contribution < -0.4 is 9.64 Å². The zero-order valence-corrected chi connectivity index (χ0v) is 21.5. The lowest BCUT2D eigenvalue weighted by molar-refractivity contribution is -0.132. The lowest BCUT2D eigenvalue weighted by Gasteiger charge is -2.23. The molecule has 8 heteroatoms. The zero-order valence-electron chi connectivity index (χ0n) is 19.9. The molecule has 0 spiro atoms. The maximum absolute atomic E-state index is 13.4. The molecule has 0 bridgehead atoms. The molecular weight excluding hydrogens is 496 g/mol. The number of nitrogens with zero attached hydrogens (tertiary/aromatic N) is 2. The summed E-state index contributed by atoms with van der Waals surface area (Å²) >= 11 is 7.43. The number of aliphatic hydroxyl groups excluding tert-OH is 1. The van der Waals surface area contributed by atoms with Gasteiger partial charge in [-0.15, -0.1) is 0 Å². The zero-order chi connectivity index (χ0) is 25.6. The molecule has 1 atom stereocenters. The average Bonchev–Trinajstić information content (AvgIpc) is 3.37. The SMILES string of the molecule is CCOc1ccc(/C(O)=C2\C(=O)C(=O)N(c3nc4ccc(Cl)cc4s3)C2c2cccc(C)c2)cc1C. The van der Waals surface area contributed by atoms with Gasteiger partial charge in [0.05, 0.1) is 28.4 Å². The third-order valence-electron chi connectivity index (χ3n) is 6.10. The number of amides is 1. The molecule has 1 fully saturated rings. The van der Waals surface area contributed by atoms with Gasteiger partial charge in [0, 0.05) is 10.6 Å². The summed E-state index contributed by atoms with van der Waals surface area (Å²) in [5, 5.41) is 12.3. The van der Waals surface area contributed by atoms with Crippen molar-refractivity contribution in [1.82, 2.24) is 4.98 Å². The second-order valence-electron chi connectivity index (χ2n) is 8.61. The summed E-state index contributed by atoms with van der Waals surface area (Å²) in [6.07, 6.45) is 0. The van der Waals surface area contributed by atoms with Crippen LogP contribution in [0.3, 0.4) is 0 Å². The fraction of sp³-hybridized carbons (Fsp3) is 0.179. The van der Waals surface area contributed by atoms with Crippen LogP contribution in [0.15, 0.2) is 66.2 Å². The Labute approximate surface area is 217 Å². The first kappa shape index (κ1) is 24.0. The number of hydrogen-bond donors (Lipinski definition) is 1. The third-order valence-corrected chi connectivity index (χ3v) is 7.35. The van der Waals surface area contributed by atoms with E-state index in [4.69, 9.17) is 16.3 Å². The van der Waals surface area contributed by atoms with E-state index in [1.807, 2.05) is 45.0 Å². The fourth-order valence-electron chi connectivity index (χ4n) is 4.44. The van der Waals surface area contributed by atoms with Crippen molar-refractivity contribution in [2.24, 2.45) is 0 Å². The number of ether oxygens (including phenoxy) is 1. The Morgan fingerprint density at radius 2 is 1.92 bits per heavy atom. The highest BCUT2D eigenvalue weighted by Crippen LogP contribution is 2.44. The highest BCUT2D eigenvalue weighted by atomic mass is 35.5. The quantitative estimate of drug-likeness (QED) is 0.183. The number of aliphatic hydroxyl groups is 1. The highest BCUT2D eigenvalue weighted by Gasteiger charge is 2.48. The Bertz CT molecular complexity index is 1560. The van der Waals surface area contributed by atoms with Crippen molar-refractivity contribution in [2.75, 3.05) is 11.5 Å². The molecule has 4 aromatic rings. The Balaban J connectivity index is 1.71. The minimum Gasteiger partial charge on any atom is -0.507 e. The lowest BCUT2D eigenvalue weighted by Crippen LogP contribution is -2.29. The maximum atomic E-state index is 13.4. The van der Waals surface area contributed by atoms with Crippen LogP contribution in [0.4, 0.5) is 5.13 Å². The van der Waals surface area contributed by atoms with Gasteiger partial charge in [-0.25, -0.2) is 4.98 Å². The molecule has 0 radical (unpaired) electrons. The maximum Gasteiger partial charge on any atom is 0.301 e. The molecule has 6 nitrogen and oxygen atoms in total. The van der Waals surface area contributed by atoms with Crippen LogP contribution in [0.1, 0.15) is 35.2 Å². The number of halogens is 1.